The summed E-state index contributed by atoms with van der Waals surface area (Å²) in [6, 6.07) is 11.2. The fourth-order valence-corrected chi connectivity index (χ4v) is 3.78. The van der Waals surface area contributed by atoms with E-state index in [1.54, 1.807) is 24.3 Å². The molecule has 1 saturated heterocycles. The second-order valence-electron chi connectivity index (χ2n) is 7.65. The highest BCUT2D eigenvalue weighted by Crippen LogP contribution is 2.37. The molecule has 1 aliphatic heterocycles. The Labute approximate surface area is 219 Å². The highest BCUT2D eigenvalue weighted by atomic mass is 35.5. The number of carbonyl (C=O) groups excluding carboxylic acids is 3. The third-order valence-electron chi connectivity index (χ3n) is 5.18. The van der Waals surface area contributed by atoms with Crippen LogP contribution >= 0.6 is 23.2 Å². The zero-order valence-corrected chi connectivity index (χ0v) is 20.5. The van der Waals surface area contributed by atoms with Crippen LogP contribution in [0.2, 0.25) is 10.0 Å². The van der Waals surface area contributed by atoms with Crippen molar-refractivity contribution < 1.29 is 33.2 Å². The molecule has 3 amide bonds. The largest absolute Gasteiger partial charge is 0.482 e. The lowest BCUT2D eigenvalue weighted by atomic mass is 10.1. The molecule has 190 valence electrons. The van der Waals surface area contributed by atoms with Gasteiger partial charge in [-0.25, -0.2) is 9.59 Å². The molecule has 2 heterocycles. The molecule has 0 saturated carbocycles. The van der Waals surface area contributed by atoms with Crippen LogP contribution < -0.4 is 10.1 Å². The van der Waals surface area contributed by atoms with Crippen molar-refractivity contribution in [3.05, 3.63) is 97.0 Å². The van der Waals surface area contributed by atoms with Gasteiger partial charge in [-0.3, -0.25) is 19.8 Å². The Balaban J connectivity index is 1.62. The van der Waals surface area contributed by atoms with Crippen molar-refractivity contribution >= 4 is 52.9 Å². The summed E-state index contributed by atoms with van der Waals surface area (Å²) in [4.78, 5) is 48.9. The number of carbonyl (C=O) groups is 3. The third kappa shape index (κ3) is 5.74. The minimum atomic E-state index is -0.757. The van der Waals surface area contributed by atoms with Crippen LogP contribution in [0.3, 0.4) is 0 Å². The number of rotatable bonds is 8. The lowest BCUT2D eigenvalue weighted by molar-refractivity contribution is -0.385. The number of nitrogens with one attached hydrogen (secondary N) is 1. The monoisotopic (exact) mass is 545 g/mol. The van der Waals surface area contributed by atoms with Gasteiger partial charge in [0.05, 0.1) is 18.6 Å². The average molecular weight is 546 g/mol. The summed E-state index contributed by atoms with van der Waals surface area (Å²) < 4.78 is 15.6. The highest BCUT2D eigenvalue weighted by molar-refractivity contribution is 6.31. The van der Waals surface area contributed by atoms with E-state index in [2.05, 4.69) is 10.1 Å². The first-order valence-electron chi connectivity index (χ1n) is 10.5. The predicted molar refractivity (Wildman–Crippen MR) is 131 cm³/mol. The van der Waals surface area contributed by atoms with Gasteiger partial charge in [-0.15, -0.1) is 0 Å². The number of nitrogens with zero attached hydrogens (tertiary/aromatic N) is 2. The number of hydrogen-bond acceptors (Lipinski definition) is 8. The van der Waals surface area contributed by atoms with Gasteiger partial charge < -0.3 is 19.2 Å². The molecule has 1 fully saturated rings. The van der Waals surface area contributed by atoms with Crippen LogP contribution in [0.1, 0.15) is 27.4 Å². The van der Waals surface area contributed by atoms with Crippen molar-refractivity contribution in [1.29, 1.82) is 0 Å². The minimum absolute atomic E-state index is 0.0250. The van der Waals surface area contributed by atoms with E-state index < -0.39 is 28.5 Å². The summed E-state index contributed by atoms with van der Waals surface area (Å²) >= 11 is 12.0. The van der Waals surface area contributed by atoms with E-state index >= 15 is 0 Å². The zero-order valence-electron chi connectivity index (χ0n) is 19.0. The van der Waals surface area contributed by atoms with Gasteiger partial charge >= 0.3 is 17.7 Å². The Bertz CT molecular complexity index is 1430. The van der Waals surface area contributed by atoms with Crippen molar-refractivity contribution in [3.8, 4) is 5.75 Å². The Hall–Kier alpha value is -4.35. The molecular weight excluding hydrogens is 529 g/mol. The Kier molecular flexibility index (Phi) is 7.46. The first-order valence-corrected chi connectivity index (χ1v) is 11.3. The summed E-state index contributed by atoms with van der Waals surface area (Å²) in [7, 11) is 1.19. The molecule has 1 aliphatic rings. The van der Waals surface area contributed by atoms with Crippen LogP contribution in [-0.2, 0) is 22.7 Å². The van der Waals surface area contributed by atoms with Crippen LogP contribution in [-0.4, -0.2) is 34.8 Å². The first-order chi connectivity index (χ1) is 17.7. The van der Waals surface area contributed by atoms with E-state index in [1.807, 2.05) is 0 Å². The highest BCUT2D eigenvalue weighted by Gasteiger charge is 2.35. The number of nitro benzene ring substituents is 1. The Morgan fingerprint density at radius 1 is 1.14 bits per heavy atom. The summed E-state index contributed by atoms with van der Waals surface area (Å²) in [5.41, 5.74) is 0.198. The van der Waals surface area contributed by atoms with E-state index in [-0.39, 0.29) is 46.7 Å². The molecule has 4 rings (SSSR count). The second kappa shape index (κ2) is 10.7. The second-order valence-corrected chi connectivity index (χ2v) is 8.53. The van der Waals surface area contributed by atoms with Crippen molar-refractivity contribution in [2.45, 2.75) is 13.2 Å². The molecule has 37 heavy (non-hydrogen) atoms. The molecule has 0 unspecified atom stereocenters. The van der Waals surface area contributed by atoms with Gasteiger partial charge in [-0.05, 0) is 42.0 Å². The number of hydrogen-bond donors (Lipinski definition) is 1. The van der Waals surface area contributed by atoms with E-state index in [0.29, 0.717) is 10.6 Å². The van der Waals surface area contributed by atoms with Crippen molar-refractivity contribution in [2.75, 3.05) is 7.11 Å². The molecule has 3 aromatic rings. The zero-order chi connectivity index (χ0) is 26.7. The lowest BCUT2D eigenvalue weighted by Gasteiger charge is -2.11. The molecule has 0 aliphatic carbocycles. The molecule has 11 nitrogen and oxygen atoms in total. The minimum Gasteiger partial charge on any atom is -0.482 e. The van der Waals surface area contributed by atoms with Crippen LogP contribution in [0.15, 0.2) is 58.6 Å². The molecule has 13 heteroatoms. The van der Waals surface area contributed by atoms with Crippen molar-refractivity contribution in [3.63, 3.8) is 0 Å². The van der Waals surface area contributed by atoms with Crippen molar-refractivity contribution in [2.24, 2.45) is 0 Å². The fraction of sp³-hybridized carbons (Fsp3) is 0.125. The van der Waals surface area contributed by atoms with Gasteiger partial charge in [-0.2, -0.15) is 0 Å². The number of furan rings is 1. The maximum atomic E-state index is 13.0. The first kappa shape index (κ1) is 25.7. The van der Waals surface area contributed by atoms with Gasteiger partial charge in [0.25, 0.3) is 5.91 Å². The standard InChI is InChI=1S/C24H17Cl2N3O8/c1-35-23(31)20-7-6-17(37-20)11-28-22(30)18(27-24(28)32)9-14-8-16(26)10-19(29(33)34)21(14)36-12-13-2-4-15(25)5-3-13/h2-10H,11-12H2,1H3,(H,27,32)/b18-9-. The summed E-state index contributed by atoms with van der Waals surface area (Å²) in [5, 5.41) is 14.7. The number of benzene rings is 2. The summed E-state index contributed by atoms with van der Waals surface area (Å²) in [5.74, 6) is -1.51. The molecule has 0 atom stereocenters. The fourth-order valence-electron chi connectivity index (χ4n) is 3.44. The van der Waals surface area contributed by atoms with Gasteiger partial charge in [0.1, 0.15) is 18.1 Å². The topological polar surface area (TPSA) is 141 Å². The Morgan fingerprint density at radius 2 is 1.86 bits per heavy atom. The van der Waals surface area contributed by atoms with E-state index in [1.165, 1.54) is 31.4 Å². The van der Waals surface area contributed by atoms with E-state index in [0.717, 1.165) is 11.0 Å². The quantitative estimate of drug-likeness (QED) is 0.138. The molecule has 2 aromatic carbocycles. The third-order valence-corrected chi connectivity index (χ3v) is 5.65. The molecule has 1 N–H and O–H groups in total. The predicted octanol–water partition coefficient (Wildman–Crippen LogP) is 4.95. The van der Waals surface area contributed by atoms with Gasteiger partial charge in [0.2, 0.25) is 11.5 Å². The molecule has 1 aromatic heterocycles. The number of urea groups is 1. The average Bonchev–Trinajstić information content (AvgIpc) is 3.44. The maximum absolute atomic E-state index is 13.0. The van der Waals surface area contributed by atoms with Gasteiger partial charge in [0.15, 0.2) is 0 Å². The number of nitro groups is 1. The Morgan fingerprint density at radius 3 is 2.54 bits per heavy atom. The molecule has 0 spiro atoms. The van der Waals surface area contributed by atoms with Gasteiger partial charge in [-0.1, -0.05) is 35.3 Å². The van der Waals surface area contributed by atoms with Crippen molar-refractivity contribution in [1.82, 2.24) is 10.2 Å². The number of amides is 3. The smallest absolute Gasteiger partial charge is 0.373 e. The summed E-state index contributed by atoms with van der Waals surface area (Å²) in [6.45, 7) is -0.308. The van der Waals surface area contributed by atoms with Crippen LogP contribution in [0.25, 0.3) is 6.08 Å². The van der Waals surface area contributed by atoms with E-state index in [9.17, 15) is 24.5 Å². The molecule has 0 radical (unpaired) electrons. The van der Waals surface area contributed by atoms with Crippen LogP contribution in [0.5, 0.6) is 5.75 Å². The number of ether oxygens (including phenoxy) is 2. The van der Waals surface area contributed by atoms with E-state index in [4.69, 9.17) is 32.4 Å². The van der Waals surface area contributed by atoms with Gasteiger partial charge in [0, 0.05) is 21.7 Å². The summed E-state index contributed by atoms with van der Waals surface area (Å²) in [6.07, 6.45) is 1.23. The molecule has 0 bridgehead atoms. The number of esters is 1. The SMILES string of the molecule is COC(=O)c1ccc(CN2C(=O)N/C(=C\c3cc(Cl)cc([N+](=O)[O-])c3OCc3ccc(Cl)cc3)C2=O)o1. The molecular formula is C24H17Cl2N3O8. The normalized spacial score (nSPS) is 14.1. The number of halogens is 2. The number of methoxy groups -OCH3 is 1. The maximum Gasteiger partial charge on any atom is 0.373 e. The van der Waals surface area contributed by atoms with Crippen LogP contribution in [0.4, 0.5) is 10.5 Å². The van der Waals surface area contributed by atoms with Crippen LogP contribution in [0, 0.1) is 10.1 Å². The lowest BCUT2D eigenvalue weighted by Crippen LogP contribution is -2.30. The number of imide groups is 1.